The summed E-state index contributed by atoms with van der Waals surface area (Å²) in [5, 5.41) is 8.91. The van der Waals surface area contributed by atoms with E-state index in [1.165, 1.54) is 57.8 Å². The zero-order valence-corrected chi connectivity index (χ0v) is 15.5. The van der Waals surface area contributed by atoms with Gasteiger partial charge in [0.2, 0.25) is 0 Å². The summed E-state index contributed by atoms with van der Waals surface area (Å²) >= 11 is 0. The molecule has 0 saturated heterocycles. The molecule has 0 aliphatic carbocycles. The van der Waals surface area contributed by atoms with Crippen molar-refractivity contribution in [3.8, 4) is 0 Å². The molecule has 21 heavy (non-hydrogen) atoms. The summed E-state index contributed by atoms with van der Waals surface area (Å²) in [7, 11) is 0. The normalized spacial score (nSPS) is 16.1. The van der Waals surface area contributed by atoms with Crippen LogP contribution in [-0.2, 0) is 0 Å². The van der Waals surface area contributed by atoms with E-state index in [4.69, 9.17) is 5.11 Å². The zero-order chi connectivity index (χ0) is 16.1. The van der Waals surface area contributed by atoms with Gasteiger partial charge in [-0.1, -0.05) is 92.4 Å². The highest BCUT2D eigenvalue weighted by molar-refractivity contribution is 4.60. The summed E-state index contributed by atoms with van der Waals surface area (Å²) in [5.74, 6) is 3.36. The lowest BCUT2D eigenvalue weighted by molar-refractivity contribution is 0.255. The Kier molecular flexibility index (Phi) is 13.6. The Balaban J connectivity index is 3.45. The number of hydrogen-bond acceptors (Lipinski definition) is 1. The largest absolute Gasteiger partial charge is 0.396 e. The lowest BCUT2D eigenvalue weighted by Gasteiger charge is -2.16. The molecule has 0 saturated carbocycles. The van der Waals surface area contributed by atoms with Gasteiger partial charge in [0.05, 0.1) is 0 Å². The predicted molar refractivity (Wildman–Crippen MR) is 95.6 cm³/mol. The minimum Gasteiger partial charge on any atom is -0.396 e. The second kappa shape index (κ2) is 13.6. The van der Waals surface area contributed by atoms with Gasteiger partial charge in [0, 0.05) is 6.61 Å². The molecular weight excluding hydrogens is 256 g/mol. The first-order valence-electron chi connectivity index (χ1n) is 9.56. The van der Waals surface area contributed by atoms with E-state index in [9.17, 15) is 0 Å². The van der Waals surface area contributed by atoms with Gasteiger partial charge in [0.15, 0.2) is 0 Å². The van der Waals surface area contributed by atoms with E-state index in [1.54, 1.807) is 0 Å². The Hall–Kier alpha value is -0.0400. The first kappa shape index (κ1) is 21.0. The quantitative estimate of drug-likeness (QED) is 0.391. The minimum atomic E-state index is 0.353. The molecule has 0 fully saturated rings. The molecule has 0 rings (SSSR count). The molecule has 0 unspecified atom stereocenters. The summed E-state index contributed by atoms with van der Waals surface area (Å²) in [6.45, 7) is 12.1. The van der Waals surface area contributed by atoms with E-state index in [2.05, 4.69) is 34.6 Å². The Bertz CT molecular complexity index is 212. The third kappa shape index (κ3) is 14.7. The molecule has 0 radical (unpaired) electrons. The third-order valence-corrected chi connectivity index (χ3v) is 4.89. The van der Waals surface area contributed by atoms with E-state index >= 15 is 0 Å². The summed E-state index contributed by atoms with van der Waals surface area (Å²) in [6, 6.07) is 0. The maximum absolute atomic E-state index is 8.91. The van der Waals surface area contributed by atoms with Crippen molar-refractivity contribution in [2.75, 3.05) is 6.61 Å². The van der Waals surface area contributed by atoms with Gasteiger partial charge in [-0.25, -0.2) is 0 Å². The fraction of sp³-hybridized carbons (Fsp3) is 1.00. The molecule has 0 amide bonds. The molecule has 3 atom stereocenters. The lowest BCUT2D eigenvalue weighted by atomic mass is 9.91. The van der Waals surface area contributed by atoms with E-state index in [0.717, 1.165) is 24.2 Å². The van der Waals surface area contributed by atoms with E-state index in [-0.39, 0.29) is 0 Å². The van der Waals surface area contributed by atoms with Gasteiger partial charge in [0.1, 0.15) is 0 Å². The second-order valence-corrected chi connectivity index (χ2v) is 8.01. The molecule has 128 valence electrons. The van der Waals surface area contributed by atoms with Crippen LogP contribution in [0.25, 0.3) is 0 Å². The molecule has 1 nitrogen and oxygen atoms in total. The van der Waals surface area contributed by atoms with Crippen LogP contribution in [0, 0.1) is 23.7 Å². The van der Waals surface area contributed by atoms with Gasteiger partial charge in [-0.15, -0.1) is 0 Å². The van der Waals surface area contributed by atoms with Gasteiger partial charge in [-0.3, -0.25) is 0 Å². The van der Waals surface area contributed by atoms with Crippen LogP contribution in [0.2, 0.25) is 0 Å². The summed E-state index contributed by atoms with van der Waals surface area (Å²) in [6.07, 6.45) is 13.4. The Morgan fingerprint density at radius 2 is 0.857 bits per heavy atom. The van der Waals surface area contributed by atoms with Crippen molar-refractivity contribution in [1.29, 1.82) is 0 Å². The number of rotatable bonds is 14. The monoisotopic (exact) mass is 298 g/mol. The molecule has 0 aromatic rings. The molecule has 0 aliphatic rings. The highest BCUT2D eigenvalue weighted by Gasteiger charge is 2.07. The van der Waals surface area contributed by atoms with Crippen molar-refractivity contribution in [3.05, 3.63) is 0 Å². The molecule has 0 aromatic heterocycles. The van der Waals surface area contributed by atoms with Crippen LogP contribution in [0.1, 0.15) is 98.8 Å². The molecule has 0 spiro atoms. The summed E-state index contributed by atoms with van der Waals surface area (Å²) < 4.78 is 0. The first-order chi connectivity index (χ1) is 9.95. The fourth-order valence-corrected chi connectivity index (χ4v) is 3.16. The number of hydrogen-bond donors (Lipinski definition) is 1. The van der Waals surface area contributed by atoms with Crippen molar-refractivity contribution in [3.63, 3.8) is 0 Å². The third-order valence-electron chi connectivity index (χ3n) is 4.89. The highest BCUT2D eigenvalue weighted by atomic mass is 16.3. The van der Waals surface area contributed by atoms with Crippen LogP contribution in [0.15, 0.2) is 0 Å². The smallest absolute Gasteiger partial charge is 0.0433 e. The molecule has 0 aromatic carbocycles. The SMILES string of the molecule is CC(C)CCC[C@H](C)CCC[C@H](C)CCC[C@H](C)CCO. The van der Waals surface area contributed by atoms with Crippen LogP contribution in [0.3, 0.4) is 0 Å². The minimum absolute atomic E-state index is 0.353. The van der Waals surface area contributed by atoms with Crippen LogP contribution < -0.4 is 0 Å². The maximum atomic E-state index is 8.91. The van der Waals surface area contributed by atoms with Gasteiger partial charge < -0.3 is 5.11 Å². The van der Waals surface area contributed by atoms with Crippen LogP contribution in [0.5, 0.6) is 0 Å². The zero-order valence-electron chi connectivity index (χ0n) is 15.5. The number of aliphatic hydroxyl groups is 1. The second-order valence-electron chi connectivity index (χ2n) is 8.01. The molecule has 0 aliphatic heterocycles. The molecular formula is C20H42O. The lowest BCUT2D eigenvalue weighted by Crippen LogP contribution is -2.02. The topological polar surface area (TPSA) is 20.2 Å². The Morgan fingerprint density at radius 1 is 0.524 bits per heavy atom. The van der Waals surface area contributed by atoms with Gasteiger partial charge in [0.25, 0.3) is 0 Å². The van der Waals surface area contributed by atoms with Gasteiger partial charge in [-0.2, -0.15) is 0 Å². The van der Waals surface area contributed by atoms with Gasteiger partial charge in [-0.05, 0) is 30.1 Å². The van der Waals surface area contributed by atoms with E-state index < -0.39 is 0 Å². The first-order valence-corrected chi connectivity index (χ1v) is 9.56. The average Bonchev–Trinajstić information content (AvgIpc) is 2.38. The van der Waals surface area contributed by atoms with Crippen molar-refractivity contribution in [1.82, 2.24) is 0 Å². The highest BCUT2D eigenvalue weighted by Crippen LogP contribution is 2.22. The van der Waals surface area contributed by atoms with Crippen molar-refractivity contribution >= 4 is 0 Å². The molecule has 0 bridgehead atoms. The molecule has 1 N–H and O–H groups in total. The molecule has 0 heterocycles. The van der Waals surface area contributed by atoms with Crippen molar-refractivity contribution in [2.24, 2.45) is 23.7 Å². The van der Waals surface area contributed by atoms with Crippen molar-refractivity contribution < 1.29 is 5.11 Å². The fourth-order valence-electron chi connectivity index (χ4n) is 3.16. The average molecular weight is 299 g/mol. The van der Waals surface area contributed by atoms with Crippen LogP contribution in [-0.4, -0.2) is 11.7 Å². The van der Waals surface area contributed by atoms with Crippen LogP contribution >= 0.6 is 0 Å². The standard InChI is InChI=1S/C20H42O/c1-17(2)9-6-10-18(3)11-7-12-19(4)13-8-14-20(5)15-16-21/h17-21H,6-16H2,1-5H3/t18-,19-,20-/m0/s1. The summed E-state index contributed by atoms with van der Waals surface area (Å²) in [4.78, 5) is 0. The summed E-state index contributed by atoms with van der Waals surface area (Å²) in [5.41, 5.74) is 0. The Morgan fingerprint density at radius 3 is 1.19 bits per heavy atom. The van der Waals surface area contributed by atoms with Gasteiger partial charge >= 0.3 is 0 Å². The van der Waals surface area contributed by atoms with Crippen molar-refractivity contribution in [2.45, 2.75) is 98.8 Å². The number of aliphatic hydroxyl groups excluding tert-OH is 1. The van der Waals surface area contributed by atoms with E-state index in [1.807, 2.05) is 0 Å². The Labute approximate surface area is 134 Å². The van der Waals surface area contributed by atoms with Crippen LogP contribution in [0.4, 0.5) is 0 Å². The molecule has 1 heteroatoms. The van der Waals surface area contributed by atoms with E-state index in [0.29, 0.717) is 12.5 Å². The maximum Gasteiger partial charge on any atom is 0.0433 e. The predicted octanol–water partition coefficient (Wildman–Crippen LogP) is 6.44.